The molecular weight excluding hydrogens is 270 g/mol. The number of aromatic nitrogens is 1. The Morgan fingerprint density at radius 3 is 2.59 bits per heavy atom. The molecule has 0 N–H and O–H groups in total. The molecule has 3 rings (SSSR count). The summed E-state index contributed by atoms with van der Waals surface area (Å²) < 4.78 is 2.12. The van der Waals surface area contributed by atoms with Gasteiger partial charge in [-0.05, 0) is 35.4 Å². The van der Waals surface area contributed by atoms with Gasteiger partial charge in [0.15, 0.2) is 5.78 Å². The Bertz CT molecular complexity index is 681. The first kappa shape index (κ1) is 14.8. The Labute approximate surface area is 132 Å². The van der Waals surface area contributed by atoms with Crippen LogP contribution < -0.4 is 0 Å². The van der Waals surface area contributed by atoms with E-state index in [0.29, 0.717) is 11.8 Å². The summed E-state index contributed by atoms with van der Waals surface area (Å²) in [6.45, 7) is 9.00. The standard InChI is InChI=1S/C20H23NO/c1-4-8-17-18(14(2)3)16-11-12-21(19(16)20(17)22)13-15-9-6-5-7-10-15/h4-7,9-12,14,17-18H,1,8,13H2,2-3H3/t17-,18+/m1/s1. The third kappa shape index (κ3) is 2.43. The maximum absolute atomic E-state index is 12.9. The summed E-state index contributed by atoms with van der Waals surface area (Å²) in [5, 5.41) is 0. The van der Waals surface area contributed by atoms with Gasteiger partial charge in [-0.1, -0.05) is 50.3 Å². The molecule has 0 radical (unpaired) electrons. The van der Waals surface area contributed by atoms with Crippen molar-refractivity contribution in [3.8, 4) is 0 Å². The van der Waals surface area contributed by atoms with Crippen LogP contribution in [0.25, 0.3) is 0 Å². The number of nitrogens with zero attached hydrogens (tertiary/aromatic N) is 1. The van der Waals surface area contributed by atoms with Crippen molar-refractivity contribution >= 4 is 5.78 Å². The molecule has 2 atom stereocenters. The van der Waals surface area contributed by atoms with Crippen molar-refractivity contribution < 1.29 is 4.79 Å². The molecule has 0 unspecified atom stereocenters. The van der Waals surface area contributed by atoms with Gasteiger partial charge in [0.05, 0.1) is 5.69 Å². The fourth-order valence-electron chi connectivity index (χ4n) is 3.77. The Kier molecular flexibility index (Phi) is 4.02. The molecule has 0 saturated carbocycles. The van der Waals surface area contributed by atoms with Crippen LogP contribution in [-0.4, -0.2) is 10.4 Å². The van der Waals surface area contributed by atoms with Crippen LogP contribution in [-0.2, 0) is 6.54 Å². The van der Waals surface area contributed by atoms with E-state index in [4.69, 9.17) is 0 Å². The largest absolute Gasteiger partial charge is 0.340 e. The molecule has 1 aromatic heterocycles. The molecule has 0 bridgehead atoms. The number of benzene rings is 1. The summed E-state index contributed by atoms with van der Waals surface area (Å²) in [6.07, 6.45) is 4.71. The van der Waals surface area contributed by atoms with E-state index in [9.17, 15) is 4.79 Å². The minimum atomic E-state index is 0.0609. The number of carbonyl (C=O) groups excluding carboxylic acids is 1. The topological polar surface area (TPSA) is 22.0 Å². The minimum Gasteiger partial charge on any atom is -0.340 e. The van der Waals surface area contributed by atoms with E-state index in [1.165, 1.54) is 11.1 Å². The van der Waals surface area contributed by atoms with Gasteiger partial charge in [-0.15, -0.1) is 6.58 Å². The van der Waals surface area contributed by atoms with E-state index in [0.717, 1.165) is 18.7 Å². The van der Waals surface area contributed by atoms with Crippen molar-refractivity contribution in [3.05, 3.63) is 72.1 Å². The summed E-state index contributed by atoms with van der Waals surface area (Å²) in [4.78, 5) is 12.9. The molecule has 114 valence electrons. The molecule has 1 aromatic carbocycles. The smallest absolute Gasteiger partial charge is 0.183 e. The van der Waals surface area contributed by atoms with Crippen molar-refractivity contribution in [1.29, 1.82) is 0 Å². The first-order valence-electron chi connectivity index (χ1n) is 8.01. The van der Waals surface area contributed by atoms with Gasteiger partial charge in [0.25, 0.3) is 0 Å². The number of allylic oxidation sites excluding steroid dienone is 1. The minimum absolute atomic E-state index is 0.0609. The average molecular weight is 293 g/mol. The molecule has 2 nitrogen and oxygen atoms in total. The van der Waals surface area contributed by atoms with Crippen LogP contribution in [0.5, 0.6) is 0 Å². The van der Waals surface area contributed by atoms with Crippen molar-refractivity contribution in [3.63, 3.8) is 0 Å². The Morgan fingerprint density at radius 1 is 1.23 bits per heavy atom. The second kappa shape index (κ2) is 5.96. The van der Waals surface area contributed by atoms with Crippen molar-refractivity contribution in [1.82, 2.24) is 4.57 Å². The Hall–Kier alpha value is -2.09. The fourth-order valence-corrected chi connectivity index (χ4v) is 3.77. The lowest BCUT2D eigenvalue weighted by atomic mass is 9.81. The van der Waals surface area contributed by atoms with Crippen molar-refractivity contribution in [2.75, 3.05) is 0 Å². The maximum atomic E-state index is 12.9. The molecule has 2 heteroatoms. The highest BCUT2D eigenvalue weighted by atomic mass is 16.1. The highest BCUT2D eigenvalue weighted by Crippen LogP contribution is 2.44. The summed E-state index contributed by atoms with van der Waals surface area (Å²) in [6, 6.07) is 12.4. The van der Waals surface area contributed by atoms with Crippen molar-refractivity contribution in [2.45, 2.75) is 32.7 Å². The van der Waals surface area contributed by atoms with E-state index in [-0.39, 0.29) is 11.7 Å². The first-order valence-corrected chi connectivity index (χ1v) is 8.01. The molecule has 22 heavy (non-hydrogen) atoms. The van der Waals surface area contributed by atoms with Crippen LogP contribution in [0, 0.1) is 11.8 Å². The lowest BCUT2D eigenvalue weighted by molar-refractivity contribution is 0.0905. The summed E-state index contributed by atoms with van der Waals surface area (Å²) in [5.41, 5.74) is 3.36. The zero-order chi connectivity index (χ0) is 15.7. The number of Topliss-reactive ketones (excluding diaryl/α,β-unsaturated/α-hetero) is 1. The van der Waals surface area contributed by atoms with Crippen LogP contribution in [0.4, 0.5) is 0 Å². The normalized spacial score (nSPS) is 20.4. The molecule has 0 amide bonds. The van der Waals surface area contributed by atoms with Crippen molar-refractivity contribution in [2.24, 2.45) is 11.8 Å². The van der Waals surface area contributed by atoms with Crippen LogP contribution in [0.3, 0.4) is 0 Å². The van der Waals surface area contributed by atoms with E-state index >= 15 is 0 Å². The second-order valence-electron chi connectivity index (χ2n) is 6.50. The molecule has 1 heterocycles. The quantitative estimate of drug-likeness (QED) is 0.735. The van der Waals surface area contributed by atoms with Gasteiger partial charge in [0.1, 0.15) is 0 Å². The molecule has 0 fully saturated rings. The molecule has 0 spiro atoms. The summed E-state index contributed by atoms with van der Waals surface area (Å²) in [5.74, 6) is 1.13. The zero-order valence-electron chi connectivity index (χ0n) is 13.3. The molecule has 1 aliphatic rings. The predicted molar refractivity (Wildman–Crippen MR) is 90.2 cm³/mol. The van der Waals surface area contributed by atoms with E-state index in [2.05, 4.69) is 49.4 Å². The van der Waals surface area contributed by atoms with Gasteiger partial charge in [-0.2, -0.15) is 0 Å². The summed E-state index contributed by atoms with van der Waals surface area (Å²) >= 11 is 0. The van der Waals surface area contributed by atoms with Gasteiger partial charge in [0.2, 0.25) is 0 Å². The number of hydrogen-bond donors (Lipinski definition) is 0. The number of carbonyl (C=O) groups is 1. The van der Waals surface area contributed by atoms with Crippen LogP contribution >= 0.6 is 0 Å². The van der Waals surface area contributed by atoms with Crippen LogP contribution in [0.1, 0.15) is 47.8 Å². The zero-order valence-corrected chi connectivity index (χ0v) is 13.3. The monoisotopic (exact) mass is 293 g/mol. The number of fused-ring (bicyclic) bond motifs is 1. The van der Waals surface area contributed by atoms with E-state index in [1.54, 1.807) is 0 Å². The number of hydrogen-bond acceptors (Lipinski definition) is 1. The first-order chi connectivity index (χ1) is 10.6. The lowest BCUT2D eigenvalue weighted by Crippen LogP contribution is -2.19. The maximum Gasteiger partial charge on any atom is 0.183 e. The highest BCUT2D eigenvalue weighted by molar-refractivity contribution is 6.02. The van der Waals surface area contributed by atoms with Gasteiger partial charge in [0, 0.05) is 18.7 Å². The Morgan fingerprint density at radius 2 is 1.95 bits per heavy atom. The SMILES string of the molecule is C=CC[C@H]1C(=O)c2c(ccn2Cc2ccccc2)[C@@H]1C(C)C. The molecule has 1 aliphatic carbocycles. The van der Waals surface area contributed by atoms with Gasteiger partial charge in [-0.25, -0.2) is 0 Å². The molecule has 2 aromatic rings. The van der Waals surface area contributed by atoms with Gasteiger partial charge < -0.3 is 4.57 Å². The average Bonchev–Trinajstić information content (AvgIpc) is 3.01. The highest BCUT2D eigenvalue weighted by Gasteiger charge is 2.42. The van der Waals surface area contributed by atoms with Gasteiger partial charge >= 0.3 is 0 Å². The molecular formula is C20H23NO. The van der Waals surface area contributed by atoms with E-state index < -0.39 is 0 Å². The summed E-state index contributed by atoms with van der Waals surface area (Å²) in [7, 11) is 0. The van der Waals surface area contributed by atoms with E-state index in [1.807, 2.05) is 24.3 Å². The third-order valence-corrected chi connectivity index (χ3v) is 4.69. The number of ketones is 1. The fraction of sp³-hybridized carbons (Fsp3) is 0.350. The third-order valence-electron chi connectivity index (χ3n) is 4.69. The second-order valence-corrected chi connectivity index (χ2v) is 6.50. The molecule has 0 aliphatic heterocycles. The molecule has 0 saturated heterocycles. The lowest BCUT2D eigenvalue weighted by Gasteiger charge is -2.21. The van der Waals surface area contributed by atoms with Crippen LogP contribution in [0.2, 0.25) is 0 Å². The van der Waals surface area contributed by atoms with Gasteiger partial charge in [-0.3, -0.25) is 4.79 Å². The predicted octanol–water partition coefficient (Wildman–Crippen LogP) is 4.66. The Balaban J connectivity index is 1.97. The number of rotatable bonds is 5. The van der Waals surface area contributed by atoms with Crippen LogP contribution in [0.15, 0.2) is 55.3 Å².